The van der Waals surface area contributed by atoms with Crippen LogP contribution in [0.15, 0.2) is 42.5 Å². The number of carbonyl (C=O) groups is 2. The second-order valence-electron chi connectivity index (χ2n) is 4.81. The number of nitrogens with zero attached hydrogens (tertiary/aromatic N) is 1. The highest BCUT2D eigenvalue weighted by molar-refractivity contribution is 6.32. The quantitative estimate of drug-likeness (QED) is 0.664. The van der Waals surface area contributed by atoms with Gasteiger partial charge in [-0.15, -0.1) is 0 Å². The number of hydrogen-bond acceptors (Lipinski definition) is 4. The summed E-state index contributed by atoms with van der Waals surface area (Å²) in [5.74, 6) is -0.233. The number of nitrogen functional groups attached to an aromatic ring is 1. The number of Topliss-reactive ketones (excluding diaryl/α,β-unsaturated/α-hetero) is 1. The number of para-hydroxylation sites is 1. The summed E-state index contributed by atoms with van der Waals surface area (Å²) in [5, 5.41) is 0.310. The Morgan fingerprint density at radius 3 is 2.43 bits per heavy atom. The number of carbonyl (C=O) groups excluding carboxylic acids is 2. The van der Waals surface area contributed by atoms with Gasteiger partial charge in [0.25, 0.3) is 0 Å². The third-order valence-corrected chi connectivity index (χ3v) is 3.43. The SMILES string of the molecule is CCOC(=O)N(c1ccccc1)c1cc(Cl)cc(C(C)=O)c1N. The van der Waals surface area contributed by atoms with E-state index in [0.29, 0.717) is 16.4 Å². The Hall–Kier alpha value is -2.53. The molecule has 0 heterocycles. The molecule has 120 valence electrons. The largest absolute Gasteiger partial charge is 0.449 e. The molecule has 2 N–H and O–H groups in total. The van der Waals surface area contributed by atoms with Crippen molar-refractivity contribution < 1.29 is 14.3 Å². The van der Waals surface area contributed by atoms with Crippen LogP contribution in [0.5, 0.6) is 0 Å². The minimum Gasteiger partial charge on any atom is -0.449 e. The van der Waals surface area contributed by atoms with E-state index in [1.165, 1.54) is 24.0 Å². The molecule has 0 saturated carbocycles. The summed E-state index contributed by atoms with van der Waals surface area (Å²) < 4.78 is 5.11. The molecule has 5 nitrogen and oxygen atoms in total. The van der Waals surface area contributed by atoms with Crippen LogP contribution >= 0.6 is 11.6 Å². The average molecular weight is 333 g/mol. The maximum Gasteiger partial charge on any atom is 0.419 e. The minimum absolute atomic E-state index is 0.179. The van der Waals surface area contributed by atoms with Crippen LogP contribution in [0.3, 0.4) is 0 Å². The number of anilines is 3. The van der Waals surface area contributed by atoms with Gasteiger partial charge in [0.05, 0.1) is 23.7 Å². The first-order valence-electron chi connectivity index (χ1n) is 7.07. The summed E-state index contributed by atoms with van der Waals surface area (Å²) in [6.07, 6.45) is -0.595. The van der Waals surface area contributed by atoms with Gasteiger partial charge in [-0.1, -0.05) is 29.8 Å². The van der Waals surface area contributed by atoms with Gasteiger partial charge < -0.3 is 10.5 Å². The van der Waals surface area contributed by atoms with Crippen molar-refractivity contribution in [3.05, 3.63) is 53.1 Å². The van der Waals surface area contributed by atoms with E-state index in [9.17, 15) is 9.59 Å². The number of halogens is 1. The van der Waals surface area contributed by atoms with Crippen molar-refractivity contribution in [2.45, 2.75) is 13.8 Å². The van der Waals surface area contributed by atoms with Crippen LogP contribution in [0.1, 0.15) is 24.2 Å². The summed E-state index contributed by atoms with van der Waals surface area (Å²) in [6, 6.07) is 11.9. The van der Waals surface area contributed by atoms with Crippen LogP contribution in [0.4, 0.5) is 21.9 Å². The van der Waals surface area contributed by atoms with E-state index in [4.69, 9.17) is 22.1 Å². The molecule has 0 spiro atoms. The van der Waals surface area contributed by atoms with Gasteiger partial charge in [0, 0.05) is 10.6 Å². The molecule has 2 rings (SSSR count). The first-order chi connectivity index (χ1) is 11.0. The van der Waals surface area contributed by atoms with Gasteiger partial charge in [-0.25, -0.2) is 9.69 Å². The number of ketones is 1. The maximum atomic E-state index is 12.4. The highest BCUT2D eigenvalue weighted by Gasteiger charge is 2.24. The zero-order chi connectivity index (χ0) is 17.0. The highest BCUT2D eigenvalue weighted by atomic mass is 35.5. The number of amides is 1. The second-order valence-corrected chi connectivity index (χ2v) is 5.25. The number of rotatable bonds is 4. The van der Waals surface area contributed by atoms with E-state index < -0.39 is 6.09 Å². The molecule has 0 fully saturated rings. The van der Waals surface area contributed by atoms with Crippen LogP contribution in [0.25, 0.3) is 0 Å². The van der Waals surface area contributed by atoms with Gasteiger partial charge in [0.15, 0.2) is 5.78 Å². The highest BCUT2D eigenvalue weighted by Crippen LogP contribution is 2.36. The molecule has 0 aliphatic heterocycles. The molecule has 0 bridgehead atoms. The third kappa shape index (κ3) is 3.63. The Kier molecular flexibility index (Phi) is 5.24. The van der Waals surface area contributed by atoms with Gasteiger partial charge in [-0.2, -0.15) is 0 Å². The van der Waals surface area contributed by atoms with E-state index in [1.807, 2.05) is 6.07 Å². The predicted molar refractivity (Wildman–Crippen MR) is 91.5 cm³/mol. The number of ether oxygens (including phenoxy) is 1. The van der Waals surface area contributed by atoms with Crippen molar-refractivity contribution in [2.75, 3.05) is 17.2 Å². The summed E-state index contributed by atoms with van der Waals surface area (Å²) in [5.41, 5.74) is 7.41. The molecule has 6 heteroatoms. The lowest BCUT2D eigenvalue weighted by atomic mass is 10.1. The summed E-state index contributed by atoms with van der Waals surface area (Å²) in [7, 11) is 0. The Morgan fingerprint density at radius 2 is 1.87 bits per heavy atom. The standard InChI is InChI=1S/C17H17ClN2O3/c1-3-23-17(22)20(13-7-5-4-6-8-13)15-10-12(18)9-14(11(2)21)16(15)19/h4-10H,3,19H2,1-2H3. The molecule has 2 aromatic carbocycles. The fraction of sp³-hybridized carbons (Fsp3) is 0.176. The molecule has 23 heavy (non-hydrogen) atoms. The molecule has 2 aromatic rings. The Bertz CT molecular complexity index is 732. The van der Waals surface area contributed by atoms with Crippen molar-refractivity contribution in [3.63, 3.8) is 0 Å². The molecular weight excluding hydrogens is 316 g/mol. The van der Waals surface area contributed by atoms with E-state index in [0.717, 1.165) is 0 Å². The molecular formula is C17H17ClN2O3. The average Bonchev–Trinajstić information content (AvgIpc) is 2.51. The van der Waals surface area contributed by atoms with Crippen LogP contribution in [-0.2, 0) is 4.74 Å². The summed E-state index contributed by atoms with van der Waals surface area (Å²) in [4.78, 5) is 25.5. The van der Waals surface area contributed by atoms with E-state index in [2.05, 4.69) is 0 Å². The van der Waals surface area contributed by atoms with Gasteiger partial charge in [0.1, 0.15) is 0 Å². The molecule has 0 saturated heterocycles. The lowest BCUT2D eigenvalue weighted by Gasteiger charge is -2.24. The molecule has 0 unspecified atom stereocenters. The minimum atomic E-state index is -0.595. The first kappa shape index (κ1) is 16.8. The molecule has 0 radical (unpaired) electrons. The number of nitrogens with two attached hydrogens (primary N) is 1. The van der Waals surface area contributed by atoms with Crippen molar-refractivity contribution in [2.24, 2.45) is 0 Å². The molecule has 0 aromatic heterocycles. The zero-order valence-electron chi connectivity index (χ0n) is 12.9. The van der Waals surface area contributed by atoms with Gasteiger partial charge in [0.2, 0.25) is 0 Å². The number of benzene rings is 2. The molecule has 0 aliphatic rings. The second kappa shape index (κ2) is 7.15. The van der Waals surface area contributed by atoms with Crippen LogP contribution < -0.4 is 10.6 Å². The van der Waals surface area contributed by atoms with Crippen molar-refractivity contribution in [1.29, 1.82) is 0 Å². The summed E-state index contributed by atoms with van der Waals surface area (Å²) >= 11 is 6.09. The van der Waals surface area contributed by atoms with Crippen molar-refractivity contribution in [3.8, 4) is 0 Å². The lowest BCUT2D eigenvalue weighted by Crippen LogP contribution is -2.28. The maximum absolute atomic E-state index is 12.4. The molecule has 1 amide bonds. The monoisotopic (exact) mass is 332 g/mol. The molecule has 0 aliphatic carbocycles. The predicted octanol–water partition coefficient (Wildman–Crippen LogP) is 4.42. The zero-order valence-corrected chi connectivity index (χ0v) is 13.6. The summed E-state index contributed by atoms with van der Waals surface area (Å²) in [6.45, 7) is 3.31. The van der Waals surface area contributed by atoms with Crippen LogP contribution in [0.2, 0.25) is 5.02 Å². The van der Waals surface area contributed by atoms with Gasteiger partial charge in [-0.05, 0) is 38.1 Å². The number of hydrogen-bond donors (Lipinski definition) is 1. The fourth-order valence-corrected chi connectivity index (χ4v) is 2.40. The van der Waals surface area contributed by atoms with E-state index >= 15 is 0 Å². The molecule has 0 atom stereocenters. The van der Waals surface area contributed by atoms with Gasteiger partial charge in [-0.3, -0.25) is 4.79 Å². The topological polar surface area (TPSA) is 72.6 Å². The van der Waals surface area contributed by atoms with Gasteiger partial charge >= 0.3 is 6.09 Å². The van der Waals surface area contributed by atoms with E-state index in [-0.39, 0.29) is 23.6 Å². The van der Waals surface area contributed by atoms with Crippen LogP contribution in [-0.4, -0.2) is 18.5 Å². The Balaban J connectivity index is 2.65. The van der Waals surface area contributed by atoms with E-state index in [1.54, 1.807) is 31.2 Å². The normalized spacial score (nSPS) is 10.2. The first-order valence-corrected chi connectivity index (χ1v) is 7.45. The Morgan fingerprint density at radius 1 is 1.22 bits per heavy atom. The smallest absolute Gasteiger partial charge is 0.419 e. The van der Waals surface area contributed by atoms with Crippen LogP contribution in [0, 0.1) is 0 Å². The van der Waals surface area contributed by atoms with Crippen molar-refractivity contribution >= 4 is 40.5 Å². The fourth-order valence-electron chi connectivity index (χ4n) is 2.19. The third-order valence-electron chi connectivity index (χ3n) is 3.21. The Labute approximate surface area is 139 Å². The van der Waals surface area contributed by atoms with Crippen molar-refractivity contribution in [1.82, 2.24) is 0 Å². The lowest BCUT2D eigenvalue weighted by molar-refractivity contribution is 0.101.